The molecule has 1 aliphatic rings. The van der Waals surface area contributed by atoms with Crippen LogP contribution < -0.4 is 5.32 Å². The summed E-state index contributed by atoms with van der Waals surface area (Å²) in [7, 11) is -0.687. The minimum absolute atomic E-state index is 0.139. The van der Waals surface area contributed by atoms with E-state index in [1.165, 1.54) is 6.26 Å². The van der Waals surface area contributed by atoms with Crippen molar-refractivity contribution >= 4 is 16.7 Å². The first-order valence-electron chi connectivity index (χ1n) is 4.95. The van der Waals surface area contributed by atoms with Gasteiger partial charge in [-0.15, -0.1) is 0 Å². The Bertz CT molecular complexity index is 351. The first-order valence-corrected chi connectivity index (χ1v) is 6.44. The quantitative estimate of drug-likeness (QED) is 0.817. The summed E-state index contributed by atoms with van der Waals surface area (Å²) in [5, 5.41) is 2.87. The zero-order chi connectivity index (χ0) is 10.7. The van der Waals surface area contributed by atoms with E-state index in [4.69, 9.17) is 4.42 Å². The van der Waals surface area contributed by atoms with E-state index in [1.807, 2.05) is 0 Å². The Morgan fingerprint density at radius 1 is 1.47 bits per heavy atom. The van der Waals surface area contributed by atoms with Crippen LogP contribution >= 0.6 is 0 Å². The molecule has 0 unspecified atom stereocenters. The molecule has 0 bridgehead atoms. The molecule has 0 aromatic carbocycles. The van der Waals surface area contributed by atoms with Crippen LogP contribution in [0.3, 0.4) is 0 Å². The normalized spacial score (nSPS) is 26.1. The van der Waals surface area contributed by atoms with Crippen LogP contribution in [0.4, 0.5) is 0 Å². The van der Waals surface area contributed by atoms with Crippen molar-refractivity contribution < 1.29 is 13.4 Å². The van der Waals surface area contributed by atoms with Crippen molar-refractivity contribution in [3.63, 3.8) is 0 Å². The Labute approximate surface area is 90.5 Å². The van der Waals surface area contributed by atoms with Crippen molar-refractivity contribution in [3.05, 3.63) is 24.2 Å². The first kappa shape index (κ1) is 10.4. The summed E-state index contributed by atoms with van der Waals surface area (Å²) in [5.41, 5.74) is 0. The van der Waals surface area contributed by atoms with E-state index in [-0.39, 0.29) is 11.9 Å². The Morgan fingerprint density at radius 2 is 2.20 bits per heavy atom. The molecular weight excluding hydrogens is 214 g/mol. The summed E-state index contributed by atoms with van der Waals surface area (Å²) in [6.07, 6.45) is 3.06. The molecule has 1 aliphatic heterocycles. The number of amides is 1. The SMILES string of the molecule is O=C(NC1CCS(=O)CC1)c1ccco1. The first-order chi connectivity index (χ1) is 7.25. The van der Waals surface area contributed by atoms with Crippen LogP contribution in [0.1, 0.15) is 23.4 Å². The second-order valence-electron chi connectivity index (χ2n) is 3.57. The van der Waals surface area contributed by atoms with Gasteiger partial charge in [-0.2, -0.15) is 0 Å². The van der Waals surface area contributed by atoms with E-state index in [9.17, 15) is 9.00 Å². The lowest BCUT2D eigenvalue weighted by molar-refractivity contribution is 0.0906. The Morgan fingerprint density at radius 3 is 2.80 bits per heavy atom. The van der Waals surface area contributed by atoms with Gasteiger partial charge < -0.3 is 9.73 Å². The second kappa shape index (κ2) is 4.61. The fraction of sp³-hybridized carbons (Fsp3) is 0.500. The van der Waals surface area contributed by atoms with Gasteiger partial charge in [-0.05, 0) is 25.0 Å². The molecular formula is C10H13NO3S. The van der Waals surface area contributed by atoms with E-state index in [2.05, 4.69) is 5.32 Å². The van der Waals surface area contributed by atoms with Gasteiger partial charge in [0.2, 0.25) is 0 Å². The number of hydrogen-bond donors (Lipinski definition) is 1. The van der Waals surface area contributed by atoms with Crippen LogP contribution in [0.2, 0.25) is 0 Å². The maximum absolute atomic E-state index is 11.6. The summed E-state index contributed by atoms with van der Waals surface area (Å²) in [5.74, 6) is 1.52. The number of carbonyl (C=O) groups is 1. The minimum Gasteiger partial charge on any atom is -0.459 e. The van der Waals surface area contributed by atoms with Crippen LogP contribution in [0.25, 0.3) is 0 Å². The summed E-state index contributed by atoms with van der Waals surface area (Å²) >= 11 is 0. The van der Waals surface area contributed by atoms with Gasteiger partial charge in [-0.3, -0.25) is 9.00 Å². The molecule has 5 heteroatoms. The van der Waals surface area contributed by atoms with E-state index in [0.717, 1.165) is 12.8 Å². The lowest BCUT2D eigenvalue weighted by Gasteiger charge is -2.21. The zero-order valence-electron chi connectivity index (χ0n) is 8.27. The van der Waals surface area contributed by atoms with Crippen LogP contribution in [-0.4, -0.2) is 27.7 Å². The number of furan rings is 1. The van der Waals surface area contributed by atoms with Gasteiger partial charge in [-0.25, -0.2) is 0 Å². The molecule has 1 saturated heterocycles. The van der Waals surface area contributed by atoms with Crippen molar-refractivity contribution in [3.8, 4) is 0 Å². The molecule has 0 atom stereocenters. The highest BCUT2D eigenvalue weighted by Crippen LogP contribution is 2.10. The molecule has 1 aromatic heterocycles. The molecule has 0 aliphatic carbocycles. The van der Waals surface area contributed by atoms with Gasteiger partial charge >= 0.3 is 0 Å². The average molecular weight is 227 g/mol. The third-order valence-electron chi connectivity index (χ3n) is 2.47. The van der Waals surface area contributed by atoms with Crippen molar-refractivity contribution in [1.29, 1.82) is 0 Å². The molecule has 2 rings (SSSR count). The second-order valence-corrected chi connectivity index (χ2v) is 5.27. The van der Waals surface area contributed by atoms with E-state index < -0.39 is 10.8 Å². The molecule has 0 spiro atoms. The lowest BCUT2D eigenvalue weighted by atomic mass is 10.1. The molecule has 2 heterocycles. The summed E-state index contributed by atoms with van der Waals surface area (Å²) in [4.78, 5) is 11.6. The monoisotopic (exact) mass is 227 g/mol. The molecule has 0 radical (unpaired) electrons. The summed E-state index contributed by atoms with van der Waals surface area (Å²) in [6.45, 7) is 0. The van der Waals surface area contributed by atoms with Crippen LogP contribution in [0.15, 0.2) is 22.8 Å². The Balaban J connectivity index is 1.87. The number of hydrogen-bond acceptors (Lipinski definition) is 3. The van der Waals surface area contributed by atoms with Gasteiger partial charge in [0.25, 0.3) is 5.91 Å². The van der Waals surface area contributed by atoms with Crippen molar-refractivity contribution in [2.24, 2.45) is 0 Å². The van der Waals surface area contributed by atoms with E-state index >= 15 is 0 Å². The molecule has 1 amide bonds. The number of nitrogens with one attached hydrogen (secondary N) is 1. The van der Waals surface area contributed by atoms with E-state index in [0.29, 0.717) is 17.3 Å². The highest BCUT2D eigenvalue weighted by molar-refractivity contribution is 7.85. The van der Waals surface area contributed by atoms with Crippen molar-refractivity contribution in [2.75, 3.05) is 11.5 Å². The molecule has 1 aromatic rings. The van der Waals surface area contributed by atoms with Crippen LogP contribution in [0, 0.1) is 0 Å². The maximum atomic E-state index is 11.6. The van der Waals surface area contributed by atoms with Crippen molar-refractivity contribution in [1.82, 2.24) is 5.32 Å². The third kappa shape index (κ3) is 2.68. The molecule has 15 heavy (non-hydrogen) atoms. The highest BCUT2D eigenvalue weighted by atomic mass is 32.2. The summed E-state index contributed by atoms with van der Waals surface area (Å²) in [6, 6.07) is 3.46. The minimum atomic E-state index is -0.687. The van der Waals surface area contributed by atoms with E-state index in [1.54, 1.807) is 12.1 Å². The largest absolute Gasteiger partial charge is 0.459 e. The van der Waals surface area contributed by atoms with Gasteiger partial charge in [0.1, 0.15) is 0 Å². The fourth-order valence-corrected chi connectivity index (χ4v) is 2.90. The van der Waals surface area contributed by atoms with Crippen LogP contribution in [0.5, 0.6) is 0 Å². The predicted octanol–water partition coefficient (Wildman–Crippen LogP) is 0.920. The Hall–Kier alpha value is -1.10. The average Bonchev–Trinajstić information content (AvgIpc) is 2.74. The number of carbonyl (C=O) groups excluding carboxylic acids is 1. The van der Waals surface area contributed by atoms with Crippen molar-refractivity contribution in [2.45, 2.75) is 18.9 Å². The van der Waals surface area contributed by atoms with Gasteiger partial charge in [0, 0.05) is 28.3 Å². The van der Waals surface area contributed by atoms with Gasteiger partial charge in [0.05, 0.1) is 6.26 Å². The van der Waals surface area contributed by atoms with Crippen LogP contribution in [-0.2, 0) is 10.8 Å². The molecule has 0 saturated carbocycles. The standard InChI is InChI=1S/C10H13NO3S/c12-10(9-2-1-5-14-9)11-8-3-6-15(13)7-4-8/h1-2,5,8H,3-4,6-7H2,(H,11,12). The van der Waals surface area contributed by atoms with Gasteiger partial charge in [-0.1, -0.05) is 0 Å². The lowest BCUT2D eigenvalue weighted by Crippen LogP contribution is -2.39. The topological polar surface area (TPSA) is 59.3 Å². The Kier molecular flexibility index (Phi) is 3.20. The van der Waals surface area contributed by atoms with Gasteiger partial charge in [0.15, 0.2) is 5.76 Å². The molecule has 1 N–H and O–H groups in total. The molecule has 1 fully saturated rings. The molecule has 82 valence electrons. The molecule has 4 nitrogen and oxygen atoms in total. The smallest absolute Gasteiger partial charge is 0.287 e. The predicted molar refractivity (Wildman–Crippen MR) is 57.1 cm³/mol. The maximum Gasteiger partial charge on any atom is 0.287 e. The zero-order valence-corrected chi connectivity index (χ0v) is 9.09. The third-order valence-corrected chi connectivity index (χ3v) is 3.85. The number of rotatable bonds is 2. The fourth-order valence-electron chi connectivity index (χ4n) is 1.60. The summed E-state index contributed by atoms with van der Waals surface area (Å²) < 4.78 is 16.1. The highest BCUT2D eigenvalue weighted by Gasteiger charge is 2.20.